The average molecular weight is 273 g/mol. The fourth-order valence-electron chi connectivity index (χ4n) is 2.87. The van der Waals surface area contributed by atoms with Gasteiger partial charge in [0.25, 0.3) is 0 Å². The molecule has 0 unspecified atom stereocenters. The minimum Gasteiger partial charge on any atom is -0.460 e. The first-order valence-electron chi connectivity index (χ1n) is 7.24. The number of furan rings is 1. The quantitative estimate of drug-likeness (QED) is 0.886. The third-order valence-electron chi connectivity index (χ3n) is 4.19. The van der Waals surface area contributed by atoms with Crippen LogP contribution in [0.3, 0.4) is 0 Å². The van der Waals surface area contributed by atoms with Gasteiger partial charge in [0.1, 0.15) is 17.3 Å². The second-order valence-corrected chi connectivity index (χ2v) is 5.89. The van der Waals surface area contributed by atoms with E-state index in [1.165, 1.54) is 37.8 Å². The van der Waals surface area contributed by atoms with Crippen molar-refractivity contribution in [3.05, 3.63) is 48.0 Å². The Labute approximate surface area is 119 Å². The van der Waals surface area contributed by atoms with Crippen molar-refractivity contribution in [3.8, 4) is 11.3 Å². The van der Waals surface area contributed by atoms with Gasteiger partial charge < -0.3 is 9.73 Å². The molecular weight excluding hydrogens is 253 g/mol. The molecule has 1 heterocycles. The molecule has 0 radical (unpaired) electrons. The van der Waals surface area contributed by atoms with Gasteiger partial charge in [-0.2, -0.15) is 0 Å². The van der Waals surface area contributed by atoms with Crippen LogP contribution < -0.4 is 5.32 Å². The van der Waals surface area contributed by atoms with Gasteiger partial charge in [0.15, 0.2) is 0 Å². The lowest BCUT2D eigenvalue weighted by Gasteiger charge is -2.24. The van der Waals surface area contributed by atoms with Crippen molar-refractivity contribution in [3.63, 3.8) is 0 Å². The molecule has 1 fully saturated rings. The third-order valence-corrected chi connectivity index (χ3v) is 4.19. The van der Waals surface area contributed by atoms with Crippen molar-refractivity contribution in [1.82, 2.24) is 5.32 Å². The summed E-state index contributed by atoms with van der Waals surface area (Å²) in [6.07, 6.45) is 5.09. The Balaban J connectivity index is 1.66. The van der Waals surface area contributed by atoms with E-state index in [0.717, 1.165) is 23.6 Å². The molecule has 2 nitrogen and oxygen atoms in total. The molecule has 1 aliphatic carbocycles. The van der Waals surface area contributed by atoms with Crippen LogP contribution in [0, 0.1) is 5.82 Å². The predicted octanol–water partition coefficient (Wildman–Crippen LogP) is 4.51. The molecule has 0 bridgehead atoms. The van der Waals surface area contributed by atoms with E-state index < -0.39 is 0 Å². The lowest BCUT2D eigenvalue weighted by Crippen LogP contribution is -2.38. The highest BCUT2D eigenvalue weighted by Crippen LogP contribution is 2.29. The molecule has 0 atom stereocenters. The number of benzene rings is 1. The largest absolute Gasteiger partial charge is 0.460 e. The van der Waals surface area contributed by atoms with Gasteiger partial charge in [-0.25, -0.2) is 4.39 Å². The summed E-state index contributed by atoms with van der Waals surface area (Å²) in [7, 11) is 0. The van der Waals surface area contributed by atoms with Crippen LogP contribution >= 0.6 is 0 Å². The second kappa shape index (κ2) is 5.41. The number of halogens is 1. The van der Waals surface area contributed by atoms with E-state index in [2.05, 4.69) is 12.2 Å². The molecule has 0 saturated heterocycles. The first kappa shape index (κ1) is 13.4. The number of hydrogen-bond donors (Lipinski definition) is 1. The summed E-state index contributed by atoms with van der Waals surface area (Å²) in [5.74, 6) is 1.49. The monoisotopic (exact) mass is 273 g/mol. The standard InChI is InChI=1S/C17H20FNO/c1-17(10-2-3-11-17)19-12-15-8-9-16(20-15)13-4-6-14(18)7-5-13/h4-9,19H,2-3,10-12H2,1H3. The molecular formula is C17H20FNO. The molecule has 106 valence electrons. The maximum absolute atomic E-state index is 12.9. The molecule has 2 aromatic rings. The van der Waals surface area contributed by atoms with Crippen LogP contribution in [0.4, 0.5) is 4.39 Å². The van der Waals surface area contributed by atoms with E-state index in [0.29, 0.717) is 0 Å². The van der Waals surface area contributed by atoms with Crippen molar-refractivity contribution in [1.29, 1.82) is 0 Å². The van der Waals surface area contributed by atoms with Crippen molar-refractivity contribution in [2.75, 3.05) is 0 Å². The van der Waals surface area contributed by atoms with Crippen LogP contribution in [0.5, 0.6) is 0 Å². The molecule has 1 saturated carbocycles. The van der Waals surface area contributed by atoms with Gasteiger partial charge >= 0.3 is 0 Å². The maximum atomic E-state index is 12.9. The molecule has 3 heteroatoms. The fraction of sp³-hybridized carbons (Fsp3) is 0.412. The van der Waals surface area contributed by atoms with Crippen molar-refractivity contribution < 1.29 is 8.81 Å². The van der Waals surface area contributed by atoms with Crippen LogP contribution in [-0.4, -0.2) is 5.54 Å². The van der Waals surface area contributed by atoms with Gasteiger partial charge in [0, 0.05) is 11.1 Å². The van der Waals surface area contributed by atoms with E-state index in [4.69, 9.17) is 4.42 Å². The van der Waals surface area contributed by atoms with E-state index in [9.17, 15) is 4.39 Å². The van der Waals surface area contributed by atoms with Crippen LogP contribution in [0.2, 0.25) is 0 Å². The molecule has 1 aromatic heterocycles. The predicted molar refractivity (Wildman–Crippen MR) is 77.8 cm³/mol. The number of hydrogen-bond acceptors (Lipinski definition) is 2. The zero-order chi connectivity index (χ0) is 14.0. The third kappa shape index (κ3) is 2.93. The molecule has 20 heavy (non-hydrogen) atoms. The minimum atomic E-state index is -0.226. The summed E-state index contributed by atoms with van der Waals surface area (Å²) in [6.45, 7) is 3.03. The molecule has 3 rings (SSSR count). The molecule has 0 spiro atoms. The summed E-state index contributed by atoms with van der Waals surface area (Å²) in [4.78, 5) is 0. The number of rotatable bonds is 4. The highest BCUT2D eigenvalue weighted by Gasteiger charge is 2.27. The summed E-state index contributed by atoms with van der Waals surface area (Å²) in [5.41, 5.74) is 1.16. The topological polar surface area (TPSA) is 25.2 Å². The Hall–Kier alpha value is -1.61. The minimum absolute atomic E-state index is 0.226. The van der Waals surface area contributed by atoms with Gasteiger partial charge in [-0.05, 0) is 56.2 Å². The molecule has 1 aliphatic rings. The van der Waals surface area contributed by atoms with E-state index in [-0.39, 0.29) is 11.4 Å². The number of nitrogens with one attached hydrogen (secondary N) is 1. The SMILES string of the molecule is CC1(NCc2ccc(-c3ccc(F)cc3)o2)CCCC1. The molecule has 0 aliphatic heterocycles. The molecule has 0 amide bonds. The highest BCUT2D eigenvalue weighted by molar-refractivity contribution is 5.57. The van der Waals surface area contributed by atoms with Gasteiger partial charge in [-0.3, -0.25) is 0 Å². The Morgan fingerprint density at radius 2 is 1.80 bits per heavy atom. The lowest BCUT2D eigenvalue weighted by atomic mass is 10.0. The van der Waals surface area contributed by atoms with Gasteiger partial charge in [-0.1, -0.05) is 12.8 Å². The van der Waals surface area contributed by atoms with Crippen LogP contribution in [0.15, 0.2) is 40.8 Å². The van der Waals surface area contributed by atoms with E-state index in [1.807, 2.05) is 12.1 Å². The average Bonchev–Trinajstić information content (AvgIpc) is 3.07. The highest BCUT2D eigenvalue weighted by atomic mass is 19.1. The zero-order valence-electron chi connectivity index (χ0n) is 11.8. The Morgan fingerprint density at radius 1 is 1.10 bits per heavy atom. The fourth-order valence-corrected chi connectivity index (χ4v) is 2.87. The Bertz CT molecular complexity index is 567. The van der Waals surface area contributed by atoms with Crippen molar-refractivity contribution >= 4 is 0 Å². The van der Waals surface area contributed by atoms with Crippen molar-refractivity contribution in [2.45, 2.75) is 44.7 Å². The summed E-state index contributed by atoms with van der Waals surface area (Å²) in [6, 6.07) is 10.3. The maximum Gasteiger partial charge on any atom is 0.134 e. The Morgan fingerprint density at radius 3 is 2.50 bits per heavy atom. The first-order valence-corrected chi connectivity index (χ1v) is 7.24. The van der Waals surface area contributed by atoms with E-state index in [1.54, 1.807) is 12.1 Å². The van der Waals surface area contributed by atoms with E-state index >= 15 is 0 Å². The van der Waals surface area contributed by atoms with Crippen LogP contribution in [0.1, 0.15) is 38.4 Å². The zero-order valence-corrected chi connectivity index (χ0v) is 11.8. The molecule has 1 aromatic carbocycles. The van der Waals surface area contributed by atoms with Crippen LogP contribution in [-0.2, 0) is 6.54 Å². The van der Waals surface area contributed by atoms with Gasteiger partial charge in [0.2, 0.25) is 0 Å². The second-order valence-electron chi connectivity index (χ2n) is 5.89. The lowest BCUT2D eigenvalue weighted by molar-refractivity contribution is 0.343. The Kier molecular flexibility index (Phi) is 3.62. The smallest absolute Gasteiger partial charge is 0.134 e. The van der Waals surface area contributed by atoms with Crippen LogP contribution in [0.25, 0.3) is 11.3 Å². The van der Waals surface area contributed by atoms with Gasteiger partial charge in [-0.15, -0.1) is 0 Å². The summed E-state index contributed by atoms with van der Waals surface area (Å²) >= 11 is 0. The molecule has 1 N–H and O–H groups in total. The summed E-state index contributed by atoms with van der Waals surface area (Å²) in [5, 5.41) is 3.59. The normalized spacial score (nSPS) is 17.5. The van der Waals surface area contributed by atoms with Gasteiger partial charge in [0.05, 0.1) is 6.54 Å². The van der Waals surface area contributed by atoms with Crippen molar-refractivity contribution in [2.24, 2.45) is 0 Å². The first-order chi connectivity index (χ1) is 9.65. The summed E-state index contributed by atoms with van der Waals surface area (Å²) < 4.78 is 18.7.